The number of aryl methyl sites for hydroxylation is 1. The molecule has 2 N–H and O–H groups in total. The van der Waals surface area contributed by atoms with Gasteiger partial charge in [0, 0.05) is 29.9 Å². The van der Waals surface area contributed by atoms with Crippen LogP contribution < -0.4 is 10.0 Å². The summed E-state index contributed by atoms with van der Waals surface area (Å²) in [5.74, 6) is 0.0206. The third-order valence-corrected chi connectivity index (χ3v) is 6.31. The maximum Gasteiger partial charge on any atom is 0.270 e. The molecular weight excluding hydrogens is 446 g/mol. The second-order valence-corrected chi connectivity index (χ2v) is 8.74. The van der Waals surface area contributed by atoms with Gasteiger partial charge in [0.05, 0.1) is 20.9 Å². The van der Waals surface area contributed by atoms with Gasteiger partial charge >= 0.3 is 0 Å². The van der Waals surface area contributed by atoms with Gasteiger partial charge in [-0.1, -0.05) is 18.2 Å². The third-order valence-electron chi connectivity index (χ3n) is 4.93. The molecule has 3 aromatic carbocycles. The van der Waals surface area contributed by atoms with E-state index in [1.54, 1.807) is 0 Å². The Kier molecular flexibility index (Phi) is 5.80. The number of benzene rings is 3. The van der Waals surface area contributed by atoms with E-state index in [0.29, 0.717) is 18.1 Å². The van der Waals surface area contributed by atoms with Gasteiger partial charge in [-0.25, -0.2) is 13.4 Å². The number of sulfonamides is 1. The molecule has 0 aliphatic rings. The number of hydrogen-bond acceptors (Lipinski definition) is 6. The predicted molar refractivity (Wildman–Crippen MR) is 124 cm³/mol. The van der Waals surface area contributed by atoms with Crippen molar-refractivity contribution in [3.63, 3.8) is 0 Å². The van der Waals surface area contributed by atoms with E-state index in [4.69, 9.17) is 0 Å². The molecule has 1 amide bonds. The fourth-order valence-corrected chi connectivity index (χ4v) is 4.43. The fourth-order valence-electron chi connectivity index (χ4n) is 3.33. The number of carbonyl (C=O) groups excluding carboxylic acids is 1. The first-order valence-corrected chi connectivity index (χ1v) is 11.4. The van der Waals surface area contributed by atoms with Crippen LogP contribution in [0.3, 0.4) is 0 Å². The van der Waals surface area contributed by atoms with Gasteiger partial charge in [0.15, 0.2) is 0 Å². The monoisotopic (exact) mass is 465 g/mol. The van der Waals surface area contributed by atoms with Crippen molar-refractivity contribution in [2.24, 2.45) is 0 Å². The smallest absolute Gasteiger partial charge is 0.270 e. The van der Waals surface area contributed by atoms with Crippen LogP contribution in [0.15, 0.2) is 77.7 Å². The Morgan fingerprint density at radius 3 is 2.48 bits per heavy atom. The van der Waals surface area contributed by atoms with E-state index in [2.05, 4.69) is 15.0 Å². The third kappa shape index (κ3) is 4.53. The Labute approximate surface area is 189 Å². The number of imidazole rings is 1. The first-order valence-electron chi connectivity index (χ1n) is 9.92. The fraction of sp³-hybridized carbons (Fsp3) is 0.0909. The van der Waals surface area contributed by atoms with Gasteiger partial charge in [-0.05, 0) is 49.4 Å². The summed E-state index contributed by atoms with van der Waals surface area (Å²) in [5, 5.41) is 13.7. The average Bonchev–Trinajstić information content (AvgIpc) is 3.16. The number of amides is 1. The topological polar surface area (TPSA) is 136 Å². The van der Waals surface area contributed by atoms with Crippen LogP contribution in [0.5, 0.6) is 0 Å². The minimum atomic E-state index is -4.04. The van der Waals surface area contributed by atoms with Crippen LogP contribution in [0.25, 0.3) is 11.0 Å². The van der Waals surface area contributed by atoms with Gasteiger partial charge in [0.1, 0.15) is 0 Å². The Morgan fingerprint density at radius 1 is 1.06 bits per heavy atom. The van der Waals surface area contributed by atoms with Gasteiger partial charge in [0.2, 0.25) is 5.95 Å². The SMILES string of the molecule is CCn1c(NC(=O)c2ccc(NS(=O)(=O)c3cccc([N+](=O)[O-])c3)cc2)nc2ccccc21. The number of rotatable bonds is 7. The van der Waals surface area contributed by atoms with Crippen LogP contribution in [0, 0.1) is 10.1 Å². The maximum absolute atomic E-state index is 12.7. The predicted octanol–water partition coefficient (Wildman–Crippen LogP) is 4.02. The van der Waals surface area contributed by atoms with Gasteiger partial charge in [-0.2, -0.15) is 0 Å². The molecule has 0 fully saturated rings. The molecule has 4 aromatic rings. The number of anilines is 2. The van der Waals surface area contributed by atoms with Crippen molar-refractivity contribution in [3.8, 4) is 0 Å². The van der Waals surface area contributed by atoms with Crippen LogP contribution in [0.4, 0.5) is 17.3 Å². The van der Waals surface area contributed by atoms with Gasteiger partial charge < -0.3 is 4.57 Å². The number of non-ortho nitro benzene ring substituents is 1. The Hall–Kier alpha value is -4.25. The normalized spacial score (nSPS) is 11.3. The molecule has 11 heteroatoms. The lowest BCUT2D eigenvalue weighted by Gasteiger charge is -2.10. The summed E-state index contributed by atoms with van der Waals surface area (Å²) < 4.78 is 29.4. The van der Waals surface area contributed by atoms with Crippen molar-refractivity contribution >= 4 is 44.3 Å². The largest absolute Gasteiger partial charge is 0.310 e. The molecule has 4 rings (SSSR count). The Morgan fingerprint density at radius 2 is 1.79 bits per heavy atom. The number of nitro benzene ring substituents is 1. The van der Waals surface area contributed by atoms with Crippen LogP contribution >= 0.6 is 0 Å². The van der Waals surface area contributed by atoms with Crippen molar-refractivity contribution in [3.05, 3.63) is 88.5 Å². The molecule has 33 heavy (non-hydrogen) atoms. The molecule has 0 bridgehead atoms. The van der Waals surface area contributed by atoms with Crippen LogP contribution in [0.1, 0.15) is 17.3 Å². The van der Waals surface area contributed by atoms with E-state index < -0.39 is 20.9 Å². The van der Waals surface area contributed by atoms with Crippen LogP contribution in [-0.4, -0.2) is 28.8 Å². The Balaban J connectivity index is 1.51. The van der Waals surface area contributed by atoms with E-state index in [-0.39, 0.29) is 16.3 Å². The van der Waals surface area contributed by atoms with Gasteiger partial charge in [-0.3, -0.25) is 24.9 Å². The average molecular weight is 465 g/mol. The maximum atomic E-state index is 12.7. The second kappa shape index (κ2) is 8.71. The summed E-state index contributed by atoms with van der Waals surface area (Å²) in [6, 6.07) is 18.1. The zero-order valence-electron chi connectivity index (χ0n) is 17.4. The summed E-state index contributed by atoms with van der Waals surface area (Å²) in [5.41, 5.74) is 1.85. The highest BCUT2D eigenvalue weighted by Crippen LogP contribution is 2.22. The molecule has 0 unspecified atom stereocenters. The molecule has 1 aromatic heterocycles. The van der Waals surface area contributed by atoms with Crippen LogP contribution in [-0.2, 0) is 16.6 Å². The second-order valence-electron chi connectivity index (χ2n) is 7.06. The van der Waals surface area contributed by atoms with Crippen molar-refractivity contribution in [2.45, 2.75) is 18.4 Å². The Bertz CT molecular complexity index is 1460. The summed E-state index contributed by atoms with van der Waals surface area (Å²) in [7, 11) is -4.04. The van der Waals surface area contributed by atoms with Crippen molar-refractivity contribution in [1.82, 2.24) is 9.55 Å². The zero-order valence-corrected chi connectivity index (χ0v) is 18.2. The summed E-state index contributed by atoms with van der Waals surface area (Å²) in [4.78, 5) is 27.2. The molecular formula is C22H19N5O5S. The lowest BCUT2D eigenvalue weighted by Crippen LogP contribution is -2.16. The van der Waals surface area contributed by atoms with Gasteiger partial charge in [-0.15, -0.1) is 0 Å². The molecule has 0 spiro atoms. The van der Waals surface area contributed by atoms with Crippen molar-refractivity contribution in [2.75, 3.05) is 10.0 Å². The molecule has 0 aliphatic heterocycles. The number of hydrogen-bond donors (Lipinski definition) is 2. The lowest BCUT2D eigenvalue weighted by molar-refractivity contribution is -0.385. The minimum absolute atomic E-state index is 0.207. The van der Waals surface area contributed by atoms with E-state index in [9.17, 15) is 23.3 Å². The number of carbonyl (C=O) groups is 1. The summed E-state index contributed by atoms with van der Waals surface area (Å²) in [6.45, 7) is 2.57. The standard InChI is InChI=1S/C22H19N5O5S/c1-2-26-20-9-4-3-8-19(20)23-22(26)24-21(28)15-10-12-16(13-11-15)25-33(31,32)18-7-5-6-17(14-18)27(29)30/h3-14,25H,2H2,1H3,(H,23,24,28). The highest BCUT2D eigenvalue weighted by molar-refractivity contribution is 7.92. The van der Waals surface area contributed by atoms with Gasteiger partial charge in [0.25, 0.3) is 21.6 Å². The molecule has 10 nitrogen and oxygen atoms in total. The first kappa shape index (κ1) is 22.0. The van der Waals surface area contributed by atoms with E-state index in [1.807, 2.05) is 35.8 Å². The number of nitrogens with zero attached hydrogens (tertiary/aromatic N) is 3. The highest BCUT2D eigenvalue weighted by Gasteiger charge is 2.18. The molecule has 0 saturated heterocycles. The number of aromatic nitrogens is 2. The highest BCUT2D eigenvalue weighted by atomic mass is 32.2. The number of fused-ring (bicyclic) bond motifs is 1. The van der Waals surface area contributed by atoms with E-state index in [1.165, 1.54) is 42.5 Å². The van der Waals surface area contributed by atoms with E-state index >= 15 is 0 Å². The number of nitro groups is 1. The van der Waals surface area contributed by atoms with Crippen molar-refractivity contribution < 1.29 is 18.1 Å². The quantitative estimate of drug-likeness (QED) is 0.312. The van der Waals surface area contributed by atoms with Crippen LogP contribution in [0.2, 0.25) is 0 Å². The van der Waals surface area contributed by atoms with E-state index in [0.717, 1.165) is 17.1 Å². The lowest BCUT2D eigenvalue weighted by atomic mass is 10.2. The molecule has 0 atom stereocenters. The molecule has 0 radical (unpaired) electrons. The molecule has 0 saturated carbocycles. The minimum Gasteiger partial charge on any atom is -0.310 e. The molecule has 1 heterocycles. The summed E-state index contributed by atoms with van der Waals surface area (Å²) >= 11 is 0. The van der Waals surface area contributed by atoms with Crippen molar-refractivity contribution in [1.29, 1.82) is 0 Å². The first-order chi connectivity index (χ1) is 15.8. The number of para-hydroxylation sites is 2. The number of nitrogens with one attached hydrogen (secondary N) is 2. The summed E-state index contributed by atoms with van der Waals surface area (Å²) in [6.07, 6.45) is 0. The molecule has 0 aliphatic carbocycles. The molecule has 168 valence electrons. The zero-order chi connectivity index (χ0) is 23.6.